The number of carbonyl (C=O) groups excluding carboxylic acids is 1. The monoisotopic (exact) mass is 432 g/mol. The molecule has 0 unspecified atom stereocenters. The van der Waals surface area contributed by atoms with E-state index in [9.17, 15) is 13.2 Å². The molecule has 8 nitrogen and oxygen atoms in total. The van der Waals surface area contributed by atoms with Crippen molar-refractivity contribution in [2.24, 2.45) is 0 Å². The molecule has 0 bridgehead atoms. The predicted molar refractivity (Wildman–Crippen MR) is 114 cm³/mol. The molecule has 1 fully saturated rings. The van der Waals surface area contributed by atoms with Crippen molar-refractivity contribution in [3.63, 3.8) is 0 Å². The third-order valence-corrected chi connectivity index (χ3v) is 6.32. The van der Waals surface area contributed by atoms with Crippen LogP contribution in [0.1, 0.15) is 42.4 Å². The Labute approximate surface area is 177 Å². The number of nitrogens with one attached hydrogen (secondary N) is 3. The Kier molecular flexibility index (Phi) is 7.64. The van der Waals surface area contributed by atoms with Crippen molar-refractivity contribution >= 4 is 16.1 Å². The molecule has 1 heterocycles. The van der Waals surface area contributed by atoms with Crippen molar-refractivity contribution in [2.75, 3.05) is 7.05 Å². The Morgan fingerprint density at radius 1 is 1.10 bits per heavy atom. The Balaban J connectivity index is 1.50. The fraction of sp³-hybridized carbons (Fsp3) is 0.429. The Hall–Kier alpha value is -2.65. The average Bonchev–Trinajstić information content (AvgIpc) is 3.25. The molecule has 1 aromatic heterocycles. The molecule has 2 amide bonds. The fourth-order valence-electron chi connectivity index (χ4n) is 3.37. The lowest BCUT2D eigenvalue weighted by Crippen LogP contribution is -2.34. The highest BCUT2D eigenvalue weighted by atomic mass is 32.2. The summed E-state index contributed by atoms with van der Waals surface area (Å²) in [6.45, 7) is 0.597. The first-order valence-electron chi connectivity index (χ1n) is 10.1. The molecule has 3 N–H and O–H groups in total. The van der Waals surface area contributed by atoms with E-state index in [-0.39, 0.29) is 24.4 Å². The van der Waals surface area contributed by atoms with Gasteiger partial charge in [0.25, 0.3) is 0 Å². The van der Waals surface area contributed by atoms with Crippen LogP contribution in [0.5, 0.6) is 5.88 Å². The van der Waals surface area contributed by atoms with Crippen LogP contribution in [0.3, 0.4) is 0 Å². The van der Waals surface area contributed by atoms with Crippen LogP contribution in [0.15, 0.2) is 42.6 Å². The zero-order chi connectivity index (χ0) is 21.4. The van der Waals surface area contributed by atoms with Gasteiger partial charge in [-0.25, -0.2) is 22.9 Å². The molecule has 0 atom stereocenters. The van der Waals surface area contributed by atoms with Crippen molar-refractivity contribution in [3.05, 3.63) is 59.3 Å². The highest BCUT2D eigenvalue weighted by Crippen LogP contribution is 2.24. The Morgan fingerprint density at radius 3 is 2.60 bits per heavy atom. The summed E-state index contributed by atoms with van der Waals surface area (Å²) in [5.74, 6) is 0.469. The van der Waals surface area contributed by atoms with Crippen LogP contribution >= 0.6 is 0 Å². The van der Waals surface area contributed by atoms with Crippen molar-refractivity contribution in [1.82, 2.24) is 20.3 Å². The number of pyridine rings is 1. The fourth-order valence-corrected chi connectivity index (χ4v) is 4.13. The van der Waals surface area contributed by atoms with Gasteiger partial charge in [-0.05, 0) is 49.9 Å². The number of ether oxygens (including phenoxy) is 1. The van der Waals surface area contributed by atoms with E-state index in [1.165, 1.54) is 19.9 Å². The van der Waals surface area contributed by atoms with E-state index in [1.807, 2.05) is 18.2 Å². The average molecular weight is 433 g/mol. The number of sulfonamides is 1. The maximum absolute atomic E-state index is 12.2. The van der Waals surface area contributed by atoms with Crippen LogP contribution in [-0.4, -0.2) is 32.6 Å². The van der Waals surface area contributed by atoms with E-state index < -0.39 is 10.0 Å². The maximum Gasteiger partial charge on any atom is 0.315 e. The molecule has 1 aliphatic carbocycles. The predicted octanol–water partition coefficient (Wildman–Crippen LogP) is 2.45. The summed E-state index contributed by atoms with van der Waals surface area (Å²) in [6.07, 6.45) is 6.32. The summed E-state index contributed by atoms with van der Waals surface area (Å²) in [5, 5.41) is 5.61. The number of aromatic nitrogens is 1. The summed E-state index contributed by atoms with van der Waals surface area (Å²) < 4.78 is 31.7. The minimum atomic E-state index is -3.34. The van der Waals surface area contributed by atoms with Gasteiger partial charge in [0, 0.05) is 24.8 Å². The molecule has 0 radical (unpaired) electrons. The van der Waals surface area contributed by atoms with Gasteiger partial charge in [0.15, 0.2) is 0 Å². The van der Waals surface area contributed by atoms with E-state index in [0.29, 0.717) is 18.0 Å². The van der Waals surface area contributed by atoms with Gasteiger partial charge < -0.3 is 15.4 Å². The number of hydrogen-bond acceptors (Lipinski definition) is 5. The van der Waals surface area contributed by atoms with E-state index in [0.717, 1.165) is 24.0 Å². The van der Waals surface area contributed by atoms with Gasteiger partial charge in [-0.2, -0.15) is 0 Å². The van der Waals surface area contributed by atoms with Gasteiger partial charge in [-0.1, -0.05) is 30.3 Å². The standard InChI is InChI=1S/C21H28N4O4S/c1-22-30(27,28)15-17-7-4-6-16(12-17)13-24-21(26)25-14-18-8-5-11-23-20(18)29-19-9-2-3-10-19/h4-8,11-12,19,22H,2-3,9-10,13-15H2,1H3,(H2,24,25,26). The molecule has 30 heavy (non-hydrogen) atoms. The molecule has 0 saturated heterocycles. The van der Waals surface area contributed by atoms with Crippen LogP contribution in [0.2, 0.25) is 0 Å². The highest BCUT2D eigenvalue weighted by molar-refractivity contribution is 7.88. The van der Waals surface area contributed by atoms with E-state index in [2.05, 4.69) is 20.3 Å². The topological polar surface area (TPSA) is 109 Å². The third-order valence-electron chi connectivity index (χ3n) is 4.98. The summed E-state index contributed by atoms with van der Waals surface area (Å²) in [7, 11) is -1.95. The molecule has 1 aliphatic rings. The highest BCUT2D eigenvalue weighted by Gasteiger charge is 2.18. The Bertz CT molecular complexity index is 959. The first-order valence-corrected chi connectivity index (χ1v) is 11.7. The number of nitrogens with zero attached hydrogens (tertiary/aromatic N) is 1. The number of hydrogen-bond donors (Lipinski definition) is 3. The van der Waals surface area contributed by atoms with Crippen molar-refractivity contribution in [1.29, 1.82) is 0 Å². The van der Waals surface area contributed by atoms with E-state index in [4.69, 9.17) is 4.74 Å². The second-order valence-electron chi connectivity index (χ2n) is 7.31. The van der Waals surface area contributed by atoms with Gasteiger partial charge >= 0.3 is 6.03 Å². The molecule has 2 aromatic rings. The second kappa shape index (κ2) is 10.4. The third kappa shape index (κ3) is 6.70. The zero-order valence-corrected chi connectivity index (χ0v) is 17.9. The number of carbonyl (C=O) groups is 1. The number of benzene rings is 1. The van der Waals surface area contributed by atoms with Gasteiger partial charge in [0.1, 0.15) is 6.10 Å². The van der Waals surface area contributed by atoms with E-state index in [1.54, 1.807) is 24.4 Å². The SMILES string of the molecule is CNS(=O)(=O)Cc1cccc(CNC(=O)NCc2cccnc2OC2CCCC2)c1. The lowest BCUT2D eigenvalue weighted by Gasteiger charge is -2.15. The van der Waals surface area contributed by atoms with E-state index >= 15 is 0 Å². The normalized spacial score (nSPS) is 14.4. The quantitative estimate of drug-likeness (QED) is 0.564. The minimum Gasteiger partial charge on any atom is -0.474 e. The smallest absolute Gasteiger partial charge is 0.315 e. The molecule has 0 aliphatic heterocycles. The molecule has 1 aromatic carbocycles. The van der Waals surface area contributed by atoms with Crippen LogP contribution in [0.4, 0.5) is 4.79 Å². The van der Waals surface area contributed by atoms with Crippen molar-refractivity contribution in [3.8, 4) is 5.88 Å². The molecule has 162 valence electrons. The van der Waals surface area contributed by atoms with Crippen LogP contribution in [-0.2, 0) is 28.9 Å². The van der Waals surface area contributed by atoms with Crippen LogP contribution < -0.4 is 20.1 Å². The van der Waals surface area contributed by atoms with Gasteiger partial charge in [0.2, 0.25) is 15.9 Å². The first-order chi connectivity index (χ1) is 14.4. The zero-order valence-electron chi connectivity index (χ0n) is 17.1. The number of amides is 2. The number of urea groups is 1. The first kappa shape index (κ1) is 22.0. The van der Waals surface area contributed by atoms with Crippen LogP contribution in [0.25, 0.3) is 0 Å². The second-order valence-corrected chi connectivity index (χ2v) is 9.24. The molecule has 9 heteroatoms. The molecular formula is C21H28N4O4S. The minimum absolute atomic E-state index is 0.103. The Morgan fingerprint density at radius 2 is 1.83 bits per heavy atom. The van der Waals surface area contributed by atoms with Crippen molar-refractivity contribution < 1.29 is 17.9 Å². The molecule has 3 rings (SSSR count). The maximum atomic E-state index is 12.2. The molecular weight excluding hydrogens is 404 g/mol. The summed E-state index contributed by atoms with van der Waals surface area (Å²) in [5.41, 5.74) is 2.31. The van der Waals surface area contributed by atoms with Gasteiger partial charge in [0.05, 0.1) is 5.75 Å². The molecule has 0 spiro atoms. The van der Waals surface area contributed by atoms with Crippen LogP contribution in [0, 0.1) is 0 Å². The number of rotatable bonds is 9. The summed E-state index contributed by atoms with van der Waals surface area (Å²) in [4.78, 5) is 16.5. The van der Waals surface area contributed by atoms with Gasteiger partial charge in [-0.15, -0.1) is 0 Å². The lowest BCUT2D eigenvalue weighted by molar-refractivity contribution is 0.198. The van der Waals surface area contributed by atoms with Crippen molar-refractivity contribution in [2.45, 2.75) is 50.6 Å². The molecule has 1 saturated carbocycles. The summed E-state index contributed by atoms with van der Waals surface area (Å²) in [6, 6.07) is 10.5. The van der Waals surface area contributed by atoms with Gasteiger partial charge in [-0.3, -0.25) is 0 Å². The lowest BCUT2D eigenvalue weighted by atomic mass is 10.1. The summed E-state index contributed by atoms with van der Waals surface area (Å²) >= 11 is 0. The largest absolute Gasteiger partial charge is 0.474 e.